The van der Waals surface area contributed by atoms with Crippen LogP contribution in [0.2, 0.25) is 0 Å². The Labute approximate surface area is 134 Å². The number of imide groups is 1. The van der Waals surface area contributed by atoms with Crippen LogP contribution >= 0.6 is 0 Å². The fraction of sp³-hybridized carbons (Fsp3) is 0.500. The van der Waals surface area contributed by atoms with Crippen molar-refractivity contribution in [2.45, 2.75) is 39.3 Å². The van der Waals surface area contributed by atoms with Gasteiger partial charge in [-0.15, -0.1) is 0 Å². The van der Waals surface area contributed by atoms with Crippen molar-refractivity contribution >= 4 is 11.8 Å². The molecule has 3 heterocycles. The van der Waals surface area contributed by atoms with Gasteiger partial charge in [-0.25, -0.2) is 0 Å². The Hall–Kier alpha value is -2.44. The maximum absolute atomic E-state index is 12.5. The van der Waals surface area contributed by atoms with Gasteiger partial charge in [0.2, 0.25) is 11.8 Å². The van der Waals surface area contributed by atoms with Gasteiger partial charge in [0.25, 0.3) is 0 Å². The second-order valence-electron chi connectivity index (χ2n) is 6.33. The normalized spacial score (nSPS) is 18.4. The van der Waals surface area contributed by atoms with Crippen LogP contribution in [0, 0.1) is 5.92 Å². The summed E-state index contributed by atoms with van der Waals surface area (Å²) in [6.45, 7) is 4.32. The van der Waals surface area contributed by atoms with Crippen LogP contribution in [0.25, 0.3) is 0 Å². The Kier molecular flexibility index (Phi) is 4.02. The van der Waals surface area contributed by atoms with Gasteiger partial charge in [-0.2, -0.15) is 10.2 Å². The summed E-state index contributed by atoms with van der Waals surface area (Å²) in [7, 11) is 1.84. The molecule has 1 saturated heterocycles. The molecule has 2 amide bonds. The van der Waals surface area contributed by atoms with Gasteiger partial charge in [0.1, 0.15) is 0 Å². The number of hydrogen-bond acceptors (Lipinski definition) is 4. The second-order valence-corrected chi connectivity index (χ2v) is 6.33. The minimum Gasteiger partial charge on any atom is -0.276 e. The first-order valence-electron chi connectivity index (χ1n) is 7.80. The number of carbonyl (C=O) groups is 2. The van der Waals surface area contributed by atoms with Crippen LogP contribution in [0.4, 0.5) is 0 Å². The third-order valence-corrected chi connectivity index (χ3v) is 4.09. The lowest BCUT2D eigenvalue weighted by Gasteiger charge is -2.13. The van der Waals surface area contributed by atoms with Crippen LogP contribution in [0.3, 0.4) is 0 Å². The Morgan fingerprint density at radius 1 is 1.35 bits per heavy atom. The molecule has 23 heavy (non-hydrogen) atoms. The SMILES string of the molecule is CC(C)n1ccc(CN2C(=O)C[C@@H](Cc3cnn(C)c3)C2=O)n1. The fourth-order valence-electron chi connectivity index (χ4n) is 2.85. The number of likely N-dealkylation sites (tertiary alicyclic amines) is 1. The summed E-state index contributed by atoms with van der Waals surface area (Å²) in [6.07, 6.45) is 6.31. The van der Waals surface area contributed by atoms with Crippen LogP contribution in [0.5, 0.6) is 0 Å². The minimum absolute atomic E-state index is 0.113. The number of aromatic nitrogens is 4. The molecule has 0 saturated carbocycles. The number of amides is 2. The van der Waals surface area contributed by atoms with E-state index < -0.39 is 0 Å². The smallest absolute Gasteiger partial charge is 0.233 e. The van der Waals surface area contributed by atoms with E-state index in [0.717, 1.165) is 11.3 Å². The third kappa shape index (κ3) is 3.18. The summed E-state index contributed by atoms with van der Waals surface area (Å²) in [5.41, 5.74) is 1.71. The van der Waals surface area contributed by atoms with Crippen molar-refractivity contribution in [2.24, 2.45) is 13.0 Å². The predicted octanol–water partition coefficient (Wildman–Crippen LogP) is 1.32. The molecule has 3 rings (SSSR count). The Balaban J connectivity index is 1.68. The quantitative estimate of drug-likeness (QED) is 0.780. The summed E-state index contributed by atoms with van der Waals surface area (Å²) in [5.74, 6) is -0.528. The molecule has 2 aromatic rings. The van der Waals surface area contributed by atoms with Crippen molar-refractivity contribution in [3.05, 3.63) is 35.9 Å². The van der Waals surface area contributed by atoms with Gasteiger partial charge < -0.3 is 0 Å². The van der Waals surface area contributed by atoms with E-state index in [1.165, 1.54) is 4.90 Å². The van der Waals surface area contributed by atoms with Crippen LogP contribution < -0.4 is 0 Å². The Morgan fingerprint density at radius 3 is 2.74 bits per heavy atom. The molecular formula is C16H21N5O2. The van der Waals surface area contributed by atoms with E-state index in [1.807, 2.05) is 44.0 Å². The van der Waals surface area contributed by atoms with Gasteiger partial charge in [-0.3, -0.25) is 23.9 Å². The predicted molar refractivity (Wildman–Crippen MR) is 83.2 cm³/mol. The zero-order valence-corrected chi connectivity index (χ0v) is 13.6. The monoisotopic (exact) mass is 315 g/mol. The van der Waals surface area contributed by atoms with Crippen molar-refractivity contribution in [3.63, 3.8) is 0 Å². The molecule has 0 aliphatic carbocycles. The molecule has 122 valence electrons. The highest BCUT2D eigenvalue weighted by atomic mass is 16.2. The standard InChI is InChI=1S/C16H21N5O2/c1-11(2)21-5-4-14(18-21)10-20-15(22)7-13(16(20)23)6-12-8-17-19(3)9-12/h4-5,8-9,11,13H,6-7,10H2,1-3H3/t13-/m1/s1. The van der Waals surface area contributed by atoms with Crippen molar-refractivity contribution in [3.8, 4) is 0 Å². The summed E-state index contributed by atoms with van der Waals surface area (Å²) in [6, 6.07) is 2.11. The van der Waals surface area contributed by atoms with Crippen molar-refractivity contribution < 1.29 is 9.59 Å². The lowest BCUT2D eigenvalue weighted by molar-refractivity contribution is -0.140. The molecule has 1 aliphatic heterocycles. The van der Waals surface area contributed by atoms with Gasteiger partial charge in [0.05, 0.1) is 24.4 Å². The lowest BCUT2D eigenvalue weighted by Crippen LogP contribution is -2.30. The van der Waals surface area contributed by atoms with Crippen LogP contribution in [0.1, 0.15) is 37.6 Å². The molecular weight excluding hydrogens is 294 g/mol. The van der Waals surface area contributed by atoms with Crippen LogP contribution in [0.15, 0.2) is 24.7 Å². The molecule has 2 aromatic heterocycles. The fourth-order valence-corrected chi connectivity index (χ4v) is 2.85. The Morgan fingerprint density at radius 2 is 2.13 bits per heavy atom. The summed E-state index contributed by atoms with van der Waals surface area (Å²) in [5, 5.41) is 8.51. The van der Waals surface area contributed by atoms with Crippen LogP contribution in [-0.2, 0) is 29.6 Å². The van der Waals surface area contributed by atoms with Crippen molar-refractivity contribution in [1.29, 1.82) is 0 Å². The van der Waals surface area contributed by atoms with Gasteiger partial charge in [0.15, 0.2) is 0 Å². The minimum atomic E-state index is -0.293. The van der Waals surface area contributed by atoms with Crippen LogP contribution in [-0.4, -0.2) is 36.3 Å². The van der Waals surface area contributed by atoms with E-state index in [2.05, 4.69) is 10.2 Å². The Bertz CT molecular complexity index is 730. The molecule has 1 aliphatic rings. The molecule has 7 heteroatoms. The number of hydrogen-bond donors (Lipinski definition) is 0. The summed E-state index contributed by atoms with van der Waals surface area (Å²) < 4.78 is 3.53. The molecule has 1 atom stereocenters. The first-order chi connectivity index (χ1) is 10.9. The summed E-state index contributed by atoms with van der Waals surface area (Å²) >= 11 is 0. The number of rotatable bonds is 5. The largest absolute Gasteiger partial charge is 0.276 e. The highest BCUT2D eigenvalue weighted by molar-refractivity contribution is 6.03. The zero-order chi connectivity index (χ0) is 16.6. The van der Waals surface area contributed by atoms with Gasteiger partial charge in [-0.05, 0) is 31.9 Å². The summed E-state index contributed by atoms with van der Waals surface area (Å²) in [4.78, 5) is 26.0. The van der Waals surface area contributed by atoms with E-state index in [1.54, 1.807) is 10.9 Å². The molecule has 0 unspecified atom stereocenters. The molecule has 0 spiro atoms. The van der Waals surface area contributed by atoms with E-state index in [4.69, 9.17) is 0 Å². The van der Waals surface area contributed by atoms with E-state index in [0.29, 0.717) is 6.42 Å². The van der Waals surface area contributed by atoms with Crippen molar-refractivity contribution in [1.82, 2.24) is 24.5 Å². The van der Waals surface area contributed by atoms with E-state index in [9.17, 15) is 9.59 Å². The first-order valence-corrected chi connectivity index (χ1v) is 7.80. The van der Waals surface area contributed by atoms with Gasteiger partial charge in [-0.1, -0.05) is 0 Å². The van der Waals surface area contributed by atoms with E-state index >= 15 is 0 Å². The maximum atomic E-state index is 12.5. The molecule has 0 bridgehead atoms. The zero-order valence-electron chi connectivity index (χ0n) is 13.6. The second kappa shape index (κ2) is 5.98. The van der Waals surface area contributed by atoms with E-state index in [-0.39, 0.29) is 36.7 Å². The average Bonchev–Trinajstić information content (AvgIpc) is 3.17. The molecule has 0 aromatic carbocycles. The number of carbonyl (C=O) groups excluding carboxylic acids is 2. The molecule has 0 N–H and O–H groups in total. The van der Waals surface area contributed by atoms with Crippen molar-refractivity contribution in [2.75, 3.05) is 0 Å². The third-order valence-electron chi connectivity index (χ3n) is 4.09. The molecule has 7 nitrogen and oxygen atoms in total. The number of aryl methyl sites for hydroxylation is 1. The molecule has 1 fully saturated rings. The topological polar surface area (TPSA) is 73.0 Å². The molecule has 0 radical (unpaired) electrons. The van der Waals surface area contributed by atoms with Gasteiger partial charge in [0, 0.05) is 31.9 Å². The lowest BCUT2D eigenvalue weighted by atomic mass is 10.0. The number of nitrogens with zero attached hydrogens (tertiary/aromatic N) is 5. The maximum Gasteiger partial charge on any atom is 0.233 e. The average molecular weight is 315 g/mol. The van der Waals surface area contributed by atoms with Gasteiger partial charge >= 0.3 is 0 Å². The highest BCUT2D eigenvalue weighted by Gasteiger charge is 2.38. The first kappa shape index (κ1) is 15.5. The highest BCUT2D eigenvalue weighted by Crippen LogP contribution is 2.25.